The Morgan fingerprint density at radius 3 is 2.36 bits per heavy atom. The van der Waals surface area contributed by atoms with Gasteiger partial charge in [0.15, 0.2) is 6.10 Å². The fourth-order valence-electron chi connectivity index (χ4n) is 3.09. The molecule has 0 bridgehead atoms. The van der Waals surface area contributed by atoms with Gasteiger partial charge in [0.05, 0.1) is 9.92 Å². The first-order chi connectivity index (χ1) is 13.3. The predicted octanol–water partition coefficient (Wildman–Crippen LogP) is 2.95. The molecule has 6 nitrogen and oxygen atoms in total. The molecule has 1 aliphatic rings. The number of hydrogen-bond acceptors (Lipinski definition) is 4. The summed E-state index contributed by atoms with van der Waals surface area (Å²) in [6.07, 6.45) is -0.711. The highest BCUT2D eigenvalue weighted by molar-refractivity contribution is 7.89. The van der Waals surface area contributed by atoms with Crippen molar-refractivity contribution in [2.24, 2.45) is 0 Å². The molecule has 1 aliphatic heterocycles. The molecule has 28 heavy (non-hydrogen) atoms. The Morgan fingerprint density at radius 2 is 1.71 bits per heavy atom. The van der Waals surface area contributed by atoms with Gasteiger partial charge in [-0.25, -0.2) is 8.42 Å². The highest BCUT2D eigenvalue weighted by atomic mass is 35.5. The van der Waals surface area contributed by atoms with Gasteiger partial charge in [-0.05, 0) is 43.7 Å². The van der Waals surface area contributed by atoms with E-state index in [9.17, 15) is 13.2 Å². The van der Waals surface area contributed by atoms with Gasteiger partial charge in [-0.3, -0.25) is 4.79 Å². The second kappa shape index (κ2) is 8.51. The van der Waals surface area contributed by atoms with Gasteiger partial charge in [-0.2, -0.15) is 4.31 Å². The summed E-state index contributed by atoms with van der Waals surface area (Å²) >= 11 is 6.14. The average Bonchev–Trinajstić information content (AvgIpc) is 2.71. The number of carbonyl (C=O) groups is 1. The number of aryl methyl sites for hydroxylation is 1. The van der Waals surface area contributed by atoms with Crippen molar-refractivity contribution in [3.8, 4) is 5.75 Å². The van der Waals surface area contributed by atoms with Crippen LogP contribution in [0.4, 0.5) is 0 Å². The largest absolute Gasteiger partial charge is 0.479 e. The van der Waals surface area contributed by atoms with E-state index in [0.29, 0.717) is 23.9 Å². The summed E-state index contributed by atoms with van der Waals surface area (Å²) < 4.78 is 32.5. The van der Waals surface area contributed by atoms with Crippen molar-refractivity contribution in [3.63, 3.8) is 0 Å². The Hall–Kier alpha value is -2.09. The van der Waals surface area contributed by atoms with E-state index in [1.165, 1.54) is 4.31 Å². The number of nitrogens with zero attached hydrogens (tertiary/aromatic N) is 2. The van der Waals surface area contributed by atoms with E-state index in [0.717, 1.165) is 5.56 Å². The van der Waals surface area contributed by atoms with Crippen LogP contribution in [-0.4, -0.2) is 55.8 Å². The van der Waals surface area contributed by atoms with Crippen LogP contribution in [0, 0.1) is 6.92 Å². The van der Waals surface area contributed by atoms with Crippen molar-refractivity contribution in [1.82, 2.24) is 9.21 Å². The van der Waals surface area contributed by atoms with Crippen molar-refractivity contribution in [1.29, 1.82) is 0 Å². The van der Waals surface area contributed by atoms with E-state index in [-0.39, 0.29) is 23.9 Å². The van der Waals surface area contributed by atoms with Crippen LogP contribution in [0.5, 0.6) is 5.75 Å². The molecule has 0 spiro atoms. The van der Waals surface area contributed by atoms with E-state index in [1.807, 2.05) is 13.0 Å². The number of hydrogen-bond donors (Lipinski definition) is 0. The standard InChI is InChI=1S/C20H23ClN2O4S/c1-15-8-9-18(21)19(14-15)27-16(2)20(24)22-10-12-23(13-11-22)28(25,26)17-6-4-3-5-7-17/h3-9,14,16H,10-13H2,1-2H3/t16-/m1/s1. The molecule has 0 N–H and O–H groups in total. The van der Waals surface area contributed by atoms with E-state index < -0.39 is 16.1 Å². The van der Waals surface area contributed by atoms with Crippen LogP contribution in [0.3, 0.4) is 0 Å². The summed E-state index contributed by atoms with van der Waals surface area (Å²) in [5.74, 6) is 0.280. The van der Waals surface area contributed by atoms with Crippen LogP contribution >= 0.6 is 11.6 Å². The fraction of sp³-hybridized carbons (Fsp3) is 0.350. The van der Waals surface area contributed by atoms with Crippen molar-refractivity contribution in [2.75, 3.05) is 26.2 Å². The molecular weight excluding hydrogens is 400 g/mol. The zero-order valence-electron chi connectivity index (χ0n) is 15.8. The summed E-state index contributed by atoms with van der Waals surface area (Å²) in [4.78, 5) is 14.6. The zero-order valence-corrected chi connectivity index (χ0v) is 17.4. The number of piperazine rings is 1. The molecule has 0 aliphatic carbocycles. The molecule has 3 rings (SSSR count). The zero-order chi connectivity index (χ0) is 20.3. The number of carbonyl (C=O) groups excluding carboxylic acids is 1. The van der Waals surface area contributed by atoms with E-state index in [4.69, 9.17) is 16.3 Å². The van der Waals surface area contributed by atoms with Gasteiger partial charge in [-0.1, -0.05) is 35.9 Å². The third-order valence-electron chi connectivity index (χ3n) is 4.67. The SMILES string of the molecule is Cc1ccc(Cl)c(O[C@H](C)C(=O)N2CCN(S(=O)(=O)c3ccccc3)CC2)c1. The highest BCUT2D eigenvalue weighted by Crippen LogP contribution is 2.26. The lowest BCUT2D eigenvalue weighted by Gasteiger charge is -2.35. The molecule has 0 aromatic heterocycles. The normalized spacial score (nSPS) is 16.6. The number of halogens is 1. The van der Waals surface area contributed by atoms with Crippen molar-refractivity contribution in [2.45, 2.75) is 24.8 Å². The minimum Gasteiger partial charge on any atom is -0.479 e. The lowest BCUT2D eigenvalue weighted by atomic mass is 10.2. The van der Waals surface area contributed by atoms with Crippen LogP contribution in [-0.2, 0) is 14.8 Å². The molecule has 1 saturated heterocycles. The maximum atomic E-state index is 12.7. The van der Waals surface area contributed by atoms with E-state index in [2.05, 4.69) is 0 Å². The molecule has 1 heterocycles. The van der Waals surface area contributed by atoms with Crippen LogP contribution in [0.1, 0.15) is 12.5 Å². The second-order valence-corrected chi connectivity index (χ2v) is 9.08. The molecule has 0 radical (unpaired) electrons. The molecule has 1 atom stereocenters. The van der Waals surface area contributed by atoms with Gasteiger partial charge in [0.2, 0.25) is 10.0 Å². The number of benzene rings is 2. The number of rotatable bonds is 5. The first-order valence-electron chi connectivity index (χ1n) is 9.06. The van der Waals surface area contributed by atoms with Crippen LogP contribution in [0.25, 0.3) is 0 Å². The highest BCUT2D eigenvalue weighted by Gasteiger charge is 2.32. The van der Waals surface area contributed by atoms with Crippen molar-refractivity contribution in [3.05, 3.63) is 59.1 Å². The molecule has 8 heteroatoms. The maximum Gasteiger partial charge on any atom is 0.263 e. The summed E-state index contributed by atoms with van der Waals surface area (Å²) in [6, 6.07) is 13.7. The molecule has 150 valence electrons. The summed E-state index contributed by atoms with van der Waals surface area (Å²) in [5.41, 5.74) is 0.985. The lowest BCUT2D eigenvalue weighted by molar-refractivity contribution is -0.139. The Kier molecular flexibility index (Phi) is 6.27. The molecule has 1 amide bonds. The minimum absolute atomic E-state index is 0.186. The van der Waals surface area contributed by atoms with E-state index in [1.54, 1.807) is 54.3 Å². The third-order valence-corrected chi connectivity index (χ3v) is 6.89. The first-order valence-corrected chi connectivity index (χ1v) is 10.9. The molecule has 0 unspecified atom stereocenters. The van der Waals surface area contributed by atoms with Crippen LogP contribution in [0.2, 0.25) is 5.02 Å². The molecular formula is C20H23ClN2O4S. The number of sulfonamides is 1. The maximum absolute atomic E-state index is 12.7. The lowest BCUT2D eigenvalue weighted by Crippen LogP contribution is -2.53. The Labute approximate surface area is 170 Å². The topological polar surface area (TPSA) is 66.9 Å². The van der Waals surface area contributed by atoms with Gasteiger partial charge in [0.1, 0.15) is 5.75 Å². The van der Waals surface area contributed by atoms with Crippen LogP contribution in [0.15, 0.2) is 53.4 Å². The van der Waals surface area contributed by atoms with Gasteiger partial charge in [0, 0.05) is 26.2 Å². The molecule has 2 aromatic carbocycles. The number of ether oxygens (including phenoxy) is 1. The second-order valence-electron chi connectivity index (χ2n) is 6.74. The Morgan fingerprint density at radius 1 is 1.07 bits per heavy atom. The monoisotopic (exact) mass is 422 g/mol. The fourth-order valence-corrected chi connectivity index (χ4v) is 4.69. The van der Waals surface area contributed by atoms with Gasteiger partial charge < -0.3 is 9.64 Å². The van der Waals surface area contributed by atoms with Crippen molar-refractivity contribution >= 4 is 27.5 Å². The first kappa shape index (κ1) is 20.6. The number of amides is 1. The summed E-state index contributed by atoms with van der Waals surface area (Å²) in [7, 11) is -3.54. The average molecular weight is 423 g/mol. The van der Waals surface area contributed by atoms with Gasteiger partial charge in [0.25, 0.3) is 5.91 Å². The Balaban J connectivity index is 1.61. The third kappa shape index (κ3) is 4.48. The smallest absolute Gasteiger partial charge is 0.263 e. The minimum atomic E-state index is -3.54. The van der Waals surface area contributed by atoms with Gasteiger partial charge >= 0.3 is 0 Å². The van der Waals surface area contributed by atoms with Crippen molar-refractivity contribution < 1.29 is 17.9 Å². The van der Waals surface area contributed by atoms with Crippen LogP contribution < -0.4 is 4.74 Å². The van der Waals surface area contributed by atoms with Gasteiger partial charge in [-0.15, -0.1) is 0 Å². The Bertz CT molecular complexity index is 942. The predicted molar refractivity (Wildman–Crippen MR) is 108 cm³/mol. The summed E-state index contributed by atoms with van der Waals surface area (Å²) in [5, 5.41) is 0.448. The summed E-state index contributed by atoms with van der Waals surface area (Å²) in [6.45, 7) is 4.73. The molecule has 0 saturated carbocycles. The quantitative estimate of drug-likeness (QED) is 0.743. The molecule has 1 fully saturated rings. The molecule has 2 aromatic rings. The van der Waals surface area contributed by atoms with E-state index >= 15 is 0 Å².